The Labute approximate surface area is 118 Å². The molecule has 0 saturated heterocycles. The highest BCUT2D eigenvalue weighted by Crippen LogP contribution is 2.27. The number of halogens is 1. The smallest absolute Gasteiger partial charge is 0.210 e. The van der Waals surface area contributed by atoms with E-state index in [0.29, 0.717) is 18.2 Å². The second-order valence-electron chi connectivity index (χ2n) is 3.51. The third-order valence-electron chi connectivity index (χ3n) is 2.24. The summed E-state index contributed by atoms with van der Waals surface area (Å²) in [4.78, 5) is 1.19. The third kappa shape index (κ3) is 3.38. The summed E-state index contributed by atoms with van der Waals surface area (Å²) in [6.07, 6.45) is 0.658. The summed E-state index contributed by atoms with van der Waals surface area (Å²) < 4.78 is 7.29. The maximum atomic E-state index is 5.91. The zero-order chi connectivity index (χ0) is 13.0. The lowest BCUT2D eigenvalue weighted by molar-refractivity contribution is 0.200. The van der Waals surface area contributed by atoms with E-state index in [1.165, 1.54) is 9.55 Å². The van der Waals surface area contributed by atoms with Crippen LogP contribution in [0.4, 0.5) is 0 Å². The van der Waals surface area contributed by atoms with Gasteiger partial charge in [-0.05, 0) is 12.1 Å². The number of aromatic nitrogens is 3. The summed E-state index contributed by atoms with van der Waals surface area (Å²) >= 11 is 8.98. The Morgan fingerprint density at radius 2 is 2.33 bits per heavy atom. The molecule has 0 spiro atoms. The summed E-state index contributed by atoms with van der Waals surface area (Å²) in [5.41, 5.74) is 0. The number of nitrogens with zero attached hydrogens (tertiary/aromatic N) is 3. The van der Waals surface area contributed by atoms with Crippen LogP contribution in [-0.4, -0.2) is 28.6 Å². The van der Waals surface area contributed by atoms with E-state index in [4.69, 9.17) is 22.2 Å². The van der Waals surface area contributed by atoms with Crippen LogP contribution >= 0.6 is 34.7 Å². The summed E-state index contributed by atoms with van der Waals surface area (Å²) in [5, 5.41) is 8.79. The number of hydrogen-bond acceptors (Lipinski definition) is 6. The SMILES string of the molecule is COCCc1nnc(SCc2ccc(Cl)s2)n1N. The normalized spacial score (nSPS) is 11.0. The van der Waals surface area contributed by atoms with E-state index in [1.54, 1.807) is 30.2 Å². The van der Waals surface area contributed by atoms with E-state index in [9.17, 15) is 0 Å². The molecule has 18 heavy (non-hydrogen) atoms. The molecule has 2 N–H and O–H groups in total. The molecule has 2 heterocycles. The van der Waals surface area contributed by atoms with Crippen LogP contribution in [0.1, 0.15) is 10.7 Å². The second-order valence-corrected chi connectivity index (χ2v) is 6.25. The molecule has 0 amide bonds. The molecular formula is C10H13ClN4OS2. The van der Waals surface area contributed by atoms with Crippen molar-refractivity contribution >= 4 is 34.7 Å². The van der Waals surface area contributed by atoms with E-state index in [2.05, 4.69) is 10.2 Å². The highest BCUT2D eigenvalue weighted by atomic mass is 35.5. The molecule has 2 aromatic rings. The van der Waals surface area contributed by atoms with Crippen LogP contribution in [0.5, 0.6) is 0 Å². The van der Waals surface area contributed by atoms with Crippen LogP contribution < -0.4 is 5.84 Å². The van der Waals surface area contributed by atoms with E-state index < -0.39 is 0 Å². The minimum Gasteiger partial charge on any atom is -0.384 e. The number of hydrogen-bond donors (Lipinski definition) is 1. The Morgan fingerprint density at radius 1 is 1.50 bits per heavy atom. The van der Waals surface area contributed by atoms with Crippen molar-refractivity contribution in [1.29, 1.82) is 0 Å². The Kier molecular flexibility index (Phi) is 4.87. The molecule has 0 saturated carbocycles. The quantitative estimate of drug-likeness (QED) is 0.654. The summed E-state index contributed by atoms with van der Waals surface area (Å²) in [7, 11) is 1.65. The molecule has 0 radical (unpaired) electrons. The Balaban J connectivity index is 1.95. The van der Waals surface area contributed by atoms with E-state index in [1.807, 2.05) is 12.1 Å². The molecule has 0 aliphatic rings. The van der Waals surface area contributed by atoms with Crippen LogP contribution in [0.3, 0.4) is 0 Å². The van der Waals surface area contributed by atoms with Gasteiger partial charge in [0.25, 0.3) is 0 Å². The number of methoxy groups -OCH3 is 1. The molecule has 2 aromatic heterocycles. The largest absolute Gasteiger partial charge is 0.384 e. The molecule has 5 nitrogen and oxygen atoms in total. The van der Waals surface area contributed by atoms with Gasteiger partial charge in [0.05, 0.1) is 10.9 Å². The summed E-state index contributed by atoms with van der Waals surface area (Å²) in [5.74, 6) is 7.42. The molecule has 2 rings (SSSR count). The average Bonchev–Trinajstić information content (AvgIpc) is 2.92. The highest BCUT2D eigenvalue weighted by molar-refractivity contribution is 7.98. The van der Waals surface area contributed by atoms with Gasteiger partial charge in [0.15, 0.2) is 5.82 Å². The van der Waals surface area contributed by atoms with Gasteiger partial charge in [0.1, 0.15) is 0 Å². The fraction of sp³-hybridized carbons (Fsp3) is 0.400. The maximum absolute atomic E-state index is 5.91. The molecule has 98 valence electrons. The zero-order valence-corrected chi connectivity index (χ0v) is 12.2. The number of nitrogen functional groups attached to an aromatic ring is 1. The van der Waals surface area contributed by atoms with E-state index in [-0.39, 0.29) is 0 Å². The van der Waals surface area contributed by atoms with Gasteiger partial charge in [0, 0.05) is 24.2 Å². The molecule has 0 atom stereocenters. The predicted molar refractivity (Wildman–Crippen MR) is 74.6 cm³/mol. The molecule has 0 aromatic carbocycles. The first-order valence-electron chi connectivity index (χ1n) is 5.26. The van der Waals surface area contributed by atoms with Crippen molar-refractivity contribution in [1.82, 2.24) is 14.9 Å². The second kappa shape index (κ2) is 6.42. The van der Waals surface area contributed by atoms with Gasteiger partial charge < -0.3 is 10.6 Å². The van der Waals surface area contributed by atoms with Crippen molar-refractivity contribution in [3.63, 3.8) is 0 Å². The number of thioether (sulfide) groups is 1. The predicted octanol–water partition coefficient (Wildman–Crippen LogP) is 2.19. The van der Waals surface area contributed by atoms with Crippen molar-refractivity contribution < 1.29 is 4.74 Å². The van der Waals surface area contributed by atoms with Crippen LogP contribution in [0.25, 0.3) is 0 Å². The number of ether oxygens (including phenoxy) is 1. The lowest BCUT2D eigenvalue weighted by Crippen LogP contribution is -2.15. The summed E-state index contributed by atoms with van der Waals surface area (Å²) in [6, 6.07) is 3.89. The van der Waals surface area contributed by atoms with Crippen LogP contribution in [0.2, 0.25) is 4.34 Å². The van der Waals surface area contributed by atoms with E-state index >= 15 is 0 Å². The van der Waals surface area contributed by atoms with Crippen molar-refractivity contribution in [2.45, 2.75) is 17.3 Å². The van der Waals surface area contributed by atoms with Crippen molar-refractivity contribution in [3.05, 3.63) is 27.2 Å². The number of thiophene rings is 1. The van der Waals surface area contributed by atoms with Crippen molar-refractivity contribution in [3.8, 4) is 0 Å². The van der Waals surface area contributed by atoms with Gasteiger partial charge in [-0.25, -0.2) is 4.68 Å². The Morgan fingerprint density at radius 3 is 3.00 bits per heavy atom. The molecule has 0 unspecified atom stereocenters. The standard InChI is InChI=1S/C10H13ClN4OS2/c1-16-5-4-9-13-14-10(15(9)12)17-6-7-2-3-8(11)18-7/h2-3H,4-6,12H2,1H3. The topological polar surface area (TPSA) is 66.0 Å². The monoisotopic (exact) mass is 304 g/mol. The Hall–Kier alpha value is -0.760. The third-order valence-corrected chi connectivity index (χ3v) is 4.64. The van der Waals surface area contributed by atoms with Crippen LogP contribution in [0.15, 0.2) is 17.3 Å². The average molecular weight is 305 g/mol. The van der Waals surface area contributed by atoms with Gasteiger partial charge in [-0.3, -0.25) is 0 Å². The molecule has 0 bridgehead atoms. The van der Waals surface area contributed by atoms with Crippen molar-refractivity contribution in [2.24, 2.45) is 0 Å². The van der Waals surface area contributed by atoms with Gasteiger partial charge in [0.2, 0.25) is 5.16 Å². The van der Waals surface area contributed by atoms with Crippen molar-refractivity contribution in [2.75, 3.05) is 19.6 Å². The lowest BCUT2D eigenvalue weighted by atomic mass is 10.4. The molecular weight excluding hydrogens is 292 g/mol. The molecule has 8 heteroatoms. The first-order valence-corrected chi connectivity index (χ1v) is 7.44. The van der Waals surface area contributed by atoms with Crippen LogP contribution in [-0.2, 0) is 16.9 Å². The van der Waals surface area contributed by atoms with Gasteiger partial charge in [-0.15, -0.1) is 21.5 Å². The lowest BCUT2D eigenvalue weighted by Gasteiger charge is -2.02. The minimum atomic E-state index is 0.584. The first-order chi connectivity index (χ1) is 8.70. The first kappa shape index (κ1) is 13.7. The zero-order valence-electron chi connectivity index (χ0n) is 9.80. The molecule has 0 aliphatic carbocycles. The maximum Gasteiger partial charge on any atom is 0.210 e. The van der Waals surface area contributed by atoms with Gasteiger partial charge in [-0.1, -0.05) is 23.4 Å². The minimum absolute atomic E-state index is 0.584. The van der Waals surface area contributed by atoms with E-state index in [0.717, 1.165) is 15.9 Å². The highest BCUT2D eigenvalue weighted by Gasteiger charge is 2.10. The fourth-order valence-corrected chi connectivity index (χ4v) is 3.34. The molecule has 0 fully saturated rings. The van der Waals surface area contributed by atoms with Gasteiger partial charge in [-0.2, -0.15) is 0 Å². The molecule has 0 aliphatic heterocycles. The van der Waals surface area contributed by atoms with Crippen LogP contribution in [0, 0.1) is 0 Å². The number of nitrogens with two attached hydrogens (primary N) is 1. The Bertz CT molecular complexity index is 514. The fourth-order valence-electron chi connectivity index (χ4n) is 1.33. The number of rotatable bonds is 6. The summed E-state index contributed by atoms with van der Waals surface area (Å²) in [6.45, 7) is 0.584. The van der Waals surface area contributed by atoms with Gasteiger partial charge >= 0.3 is 0 Å².